The van der Waals surface area contributed by atoms with Crippen LogP contribution in [0.5, 0.6) is 0 Å². The molecule has 0 bridgehead atoms. The van der Waals surface area contributed by atoms with Gasteiger partial charge in [-0.25, -0.2) is 4.79 Å². The summed E-state index contributed by atoms with van der Waals surface area (Å²) >= 11 is 0. The van der Waals surface area contributed by atoms with Gasteiger partial charge in [-0.2, -0.15) is 0 Å². The normalized spacial score (nSPS) is 15.5. The Morgan fingerprint density at radius 1 is 1.10 bits per heavy atom. The predicted molar refractivity (Wildman–Crippen MR) is 78.8 cm³/mol. The zero-order chi connectivity index (χ0) is 15.7. The number of rotatable bonds is 7. The van der Waals surface area contributed by atoms with Gasteiger partial charge in [-0.1, -0.05) is 19.3 Å². The Balaban J connectivity index is 2.18. The molecule has 3 amide bonds. The quantitative estimate of drug-likeness (QED) is 0.706. The maximum absolute atomic E-state index is 11.9. The Morgan fingerprint density at radius 3 is 2.33 bits per heavy atom. The molecule has 0 heterocycles. The topological polar surface area (TPSA) is 86.7 Å². The number of aliphatic carboxylic acids is 1. The van der Waals surface area contributed by atoms with E-state index >= 15 is 0 Å². The molecule has 6 nitrogen and oxygen atoms in total. The first-order chi connectivity index (χ1) is 9.99. The van der Waals surface area contributed by atoms with E-state index in [4.69, 9.17) is 5.11 Å². The van der Waals surface area contributed by atoms with Crippen molar-refractivity contribution in [2.24, 2.45) is 5.92 Å². The number of hydrogen-bond acceptors (Lipinski definition) is 3. The molecule has 0 aromatic heterocycles. The SMILES string of the molecule is CN(CC1CCCCC1)C(=O)NC(=O)CCCCC(=O)O. The molecule has 21 heavy (non-hydrogen) atoms. The lowest BCUT2D eigenvalue weighted by atomic mass is 9.89. The second-order valence-corrected chi connectivity index (χ2v) is 5.84. The summed E-state index contributed by atoms with van der Waals surface area (Å²) < 4.78 is 0. The Morgan fingerprint density at radius 2 is 1.71 bits per heavy atom. The van der Waals surface area contributed by atoms with E-state index < -0.39 is 5.97 Å². The van der Waals surface area contributed by atoms with Gasteiger partial charge in [0.15, 0.2) is 0 Å². The first-order valence-electron chi connectivity index (χ1n) is 7.75. The van der Waals surface area contributed by atoms with E-state index in [1.54, 1.807) is 11.9 Å². The van der Waals surface area contributed by atoms with Crippen LogP contribution in [-0.4, -0.2) is 41.5 Å². The smallest absolute Gasteiger partial charge is 0.323 e. The van der Waals surface area contributed by atoms with E-state index in [0.29, 0.717) is 25.3 Å². The van der Waals surface area contributed by atoms with Gasteiger partial charge in [0, 0.05) is 26.4 Å². The van der Waals surface area contributed by atoms with Crippen molar-refractivity contribution in [2.45, 2.75) is 57.8 Å². The van der Waals surface area contributed by atoms with Crippen molar-refractivity contribution in [1.29, 1.82) is 0 Å². The molecule has 0 aromatic rings. The molecule has 0 spiro atoms. The van der Waals surface area contributed by atoms with E-state index in [2.05, 4.69) is 5.32 Å². The number of imide groups is 1. The van der Waals surface area contributed by atoms with Crippen LogP contribution in [0.3, 0.4) is 0 Å². The number of carboxylic acid groups (broad SMARTS) is 1. The summed E-state index contributed by atoms with van der Waals surface area (Å²) in [7, 11) is 1.71. The first kappa shape index (κ1) is 17.5. The Kier molecular flexibility index (Phi) is 7.79. The number of carboxylic acids is 1. The molecule has 0 saturated heterocycles. The van der Waals surface area contributed by atoms with Crippen LogP contribution in [-0.2, 0) is 9.59 Å². The summed E-state index contributed by atoms with van der Waals surface area (Å²) in [5.74, 6) is -0.653. The highest BCUT2D eigenvalue weighted by Gasteiger charge is 2.19. The molecule has 1 aliphatic rings. The number of nitrogens with one attached hydrogen (secondary N) is 1. The number of urea groups is 1. The standard InChI is InChI=1S/C15H26N2O4/c1-17(11-12-7-3-2-4-8-12)15(21)16-13(18)9-5-6-10-14(19)20/h12H,2-11H2,1H3,(H,19,20)(H,16,18,21). The largest absolute Gasteiger partial charge is 0.481 e. The van der Waals surface area contributed by atoms with Crippen molar-refractivity contribution < 1.29 is 19.5 Å². The zero-order valence-corrected chi connectivity index (χ0v) is 12.8. The molecule has 0 aromatic carbocycles. The number of carbonyl (C=O) groups excluding carboxylic acids is 2. The Labute approximate surface area is 125 Å². The summed E-state index contributed by atoms with van der Waals surface area (Å²) in [4.78, 5) is 35.4. The van der Waals surface area contributed by atoms with Crippen LogP contribution in [0.25, 0.3) is 0 Å². The molecule has 0 unspecified atom stereocenters. The summed E-state index contributed by atoms with van der Waals surface area (Å²) in [5.41, 5.74) is 0. The highest BCUT2D eigenvalue weighted by molar-refractivity contribution is 5.94. The van der Waals surface area contributed by atoms with E-state index in [9.17, 15) is 14.4 Å². The second kappa shape index (κ2) is 9.37. The van der Waals surface area contributed by atoms with Crippen LogP contribution in [0.1, 0.15) is 57.8 Å². The number of amides is 3. The van der Waals surface area contributed by atoms with Crippen LogP contribution < -0.4 is 5.32 Å². The molecule has 1 saturated carbocycles. The van der Waals surface area contributed by atoms with E-state index in [1.807, 2.05) is 0 Å². The van der Waals surface area contributed by atoms with Gasteiger partial charge in [0.1, 0.15) is 0 Å². The first-order valence-corrected chi connectivity index (χ1v) is 7.75. The zero-order valence-electron chi connectivity index (χ0n) is 12.8. The summed E-state index contributed by atoms with van der Waals surface area (Å²) in [6.07, 6.45) is 7.22. The van der Waals surface area contributed by atoms with Crippen molar-refractivity contribution in [3.8, 4) is 0 Å². The van der Waals surface area contributed by atoms with Gasteiger partial charge in [-0.05, 0) is 31.6 Å². The minimum Gasteiger partial charge on any atom is -0.481 e. The van der Waals surface area contributed by atoms with Gasteiger partial charge in [-0.15, -0.1) is 0 Å². The maximum atomic E-state index is 11.9. The molecule has 0 radical (unpaired) electrons. The van der Waals surface area contributed by atoms with Crippen LogP contribution in [0.2, 0.25) is 0 Å². The lowest BCUT2D eigenvalue weighted by Gasteiger charge is -2.26. The highest BCUT2D eigenvalue weighted by atomic mass is 16.4. The molecular weight excluding hydrogens is 272 g/mol. The van der Waals surface area contributed by atoms with Gasteiger partial charge in [0.2, 0.25) is 5.91 Å². The molecule has 120 valence electrons. The molecule has 1 aliphatic carbocycles. The molecule has 0 atom stereocenters. The third-order valence-electron chi connectivity index (χ3n) is 3.89. The van der Waals surface area contributed by atoms with Crippen molar-refractivity contribution >= 4 is 17.9 Å². The number of nitrogens with zero attached hydrogens (tertiary/aromatic N) is 1. The average Bonchev–Trinajstić information content (AvgIpc) is 2.44. The molecule has 1 fully saturated rings. The van der Waals surface area contributed by atoms with E-state index in [1.165, 1.54) is 19.3 Å². The number of carbonyl (C=O) groups is 3. The fraction of sp³-hybridized carbons (Fsp3) is 0.800. The lowest BCUT2D eigenvalue weighted by Crippen LogP contribution is -2.42. The molecule has 2 N–H and O–H groups in total. The summed E-state index contributed by atoms with van der Waals surface area (Å²) in [6, 6.07) is -0.358. The van der Waals surface area contributed by atoms with Crippen molar-refractivity contribution in [3.05, 3.63) is 0 Å². The van der Waals surface area contributed by atoms with Crippen molar-refractivity contribution in [3.63, 3.8) is 0 Å². The minimum atomic E-state index is -0.862. The Hall–Kier alpha value is -1.59. The maximum Gasteiger partial charge on any atom is 0.323 e. The van der Waals surface area contributed by atoms with E-state index in [0.717, 1.165) is 12.8 Å². The predicted octanol–water partition coefficient (Wildman–Crippen LogP) is 2.38. The average molecular weight is 298 g/mol. The van der Waals surface area contributed by atoms with Crippen LogP contribution >= 0.6 is 0 Å². The van der Waals surface area contributed by atoms with Crippen LogP contribution in [0.4, 0.5) is 4.79 Å². The van der Waals surface area contributed by atoms with Gasteiger partial charge < -0.3 is 10.0 Å². The molecule has 0 aliphatic heterocycles. The Bertz CT molecular complexity index is 365. The van der Waals surface area contributed by atoms with Crippen LogP contribution in [0, 0.1) is 5.92 Å². The highest BCUT2D eigenvalue weighted by Crippen LogP contribution is 2.24. The van der Waals surface area contributed by atoms with E-state index in [-0.39, 0.29) is 24.8 Å². The summed E-state index contributed by atoms with van der Waals surface area (Å²) in [6.45, 7) is 0.693. The van der Waals surface area contributed by atoms with Crippen molar-refractivity contribution in [2.75, 3.05) is 13.6 Å². The second-order valence-electron chi connectivity index (χ2n) is 5.84. The van der Waals surface area contributed by atoms with Gasteiger partial charge in [-0.3, -0.25) is 14.9 Å². The monoisotopic (exact) mass is 298 g/mol. The van der Waals surface area contributed by atoms with Gasteiger partial charge in [0.25, 0.3) is 0 Å². The van der Waals surface area contributed by atoms with Crippen LogP contribution in [0.15, 0.2) is 0 Å². The lowest BCUT2D eigenvalue weighted by molar-refractivity contribution is -0.137. The van der Waals surface area contributed by atoms with Gasteiger partial charge >= 0.3 is 12.0 Å². The fourth-order valence-electron chi connectivity index (χ4n) is 2.68. The number of hydrogen-bond donors (Lipinski definition) is 2. The third-order valence-corrected chi connectivity index (χ3v) is 3.89. The molecule has 6 heteroatoms. The van der Waals surface area contributed by atoms with Crippen molar-refractivity contribution in [1.82, 2.24) is 10.2 Å². The fourth-order valence-corrected chi connectivity index (χ4v) is 2.68. The minimum absolute atomic E-state index is 0.0583. The van der Waals surface area contributed by atoms with Gasteiger partial charge in [0.05, 0.1) is 0 Å². The molecule has 1 rings (SSSR count). The third kappa shape index (κ3) is 7.68. The number of unbranched alkanes of at least 4 members (excludes halogenated alkanes) is 1. The summed E-state index contributed by atoms with van der Waals surface area (Å²) in [5, 5.41) is 10.8. The molecular formula is C15H26N2O4.